The molecule has 0 aromatic heterocycles. The Bertz CT molecular complexity index is 275. The average molecular weight is 220 g/mol. The van der Waals surface area contributed by atoms with Crippen LogP contribution in [0, 0.1) is 0 Å². The van der Waals surface area contributed by atoms with Gasteiger partial charge in [0, 0.05) is 25.4 Å². The molecule has 0 spiro atoms. The molecule has 0 unspecified atom stereocenters. The smallest absolute Gasteiger partial charge is 0.148 e. The van der Waals surface area contributed by atoms with Crippen LogP contribution in [-0.2, 0) is 9.84 Å². The molecule has 0 N–H and O–H groups in total. The maximum Gasteiger partial charge on any atom is 0.148 e. The number of nitrogens with zero attached hydrogens (tertiary/aromatic N) is 2. The molecule has 1 aliphatic heterocycles. The van der Waals surface area contributed by atoms with E-state index in [1.165, 1.54) is 6.26 Å². The van der Waals surface area contributed by atoms with E-state index in [4.69, 9.17) is 0 Å². The van der Waals surface area contributed by atoms with E-state index in [2.05, 4.69) is 23.9 Å². The van der Waals surface area contributed by atoms with Crippen LogP contribution < -0.4 is 0 Å². The van der Waals surface area contributed by atoms with Crippen molar-refractivity contribution in [1.82, 2.24) is 9.80 Å². The average Bonchev–Trinajstić information content (AvgIpc) is 2.47. The third kappa shape index (κ3) is 3.94. The van der Waals surface area contributed by atoms with Gasteiger partial charge >= 0.3 is 0 Å². The van der Waals surface area contributed by atoms with Crippen molar-refractivity contribution in [3.8, 4) is 0 Å². The summed E-state index contributed by atoms with van der Waals surface area (Å²) in [6.07, 6.45) is 2.45. The van der Waals surface area contributed by atoms with Crippen LogP contribution in [0.1, 0.15) is 6.42 Å². The summed E-state index contributed by atoms with van der Waals surface area (Å²) in [5, 5.41) is 0. The van der Waals surface area contributed by atoms with Crippen molar-refractivity contribution in [2.45, 2.75) is 12.5 Å². The number of rotatable bonds is 4. The minimum Gasteiger partial charge on any atom is -0.305 e. The molecule has 0 aromatic carbocycles. The highest BCUT2D eigenvalue weighted by atomic mass is 32.2. The van der Waals surface area contributed by atoms with Crippen LogP contribution in [0.5, 0.6) is 0 Å². The van der Waals surface area contributed by atoms with Crippen molar-refractivity contribution in [3.05, 3.63) is 0 Å². The molecular formula is C9H20N2O2S. The van der Waals surface area contributed by atoms with Gasteiger partial charge in [-0.2, -0.15) is 0 Å². The summed E-state index contributed by atoms with van der Waals surface area (Å²) in [6, 6.07) is 0.592. The van der Waals surface area contributed by atoms with E-state index in [-0.39, 0.29) is 5.75 Å². The summed E-state index contributed by atoms with van der Waals surface area (Å²) in [4.78, 5) is 4.44. The zero-order valence-electron chi connectivity index (χ0n) is 9.23. The fraction of sp³-hybridized carbons (Fsp3) is 1.00. The van der Waals surface area contributed by atoms with E-state index in [1.54, 1.807) is 0 Å². The van der Waals surface area contributed by atoms with E-state index in [0.29, 0.717) is 12.6 Å². The van der Waals surface area contributed by atoms with Gasteiger partial charge in [0.25, 0.3) is 0 Å². The van der Waals surface area contributed by atoms with E-state index in [0.717, 1.165) is 19.5 Å². The van der Waals surface area contributed by atoms with Crippen molar-refractivity contribution in [2.75, 3.05) is 45.7 Å². The van der Waals surface area contributed by atoms with Crippen LogP contribution in [0.2, 0.25) is 0 Å². The van der Waals surface area contributed by atoms with Gasteiger partial charge in [-0.15, -0.1) is 0 Å². The van der Waals surface area contributed by atoms with Crippen molar-refractivity contribution in [2.24, 2.45) is 0 Å². The van der Waals surface area contributed by atoms with E-state index in [9.17, 15) is 8.42 Å². The fourth-order valence-corrected chi connectivity index (χ4v) is 2.32. The zero-order chi connectivity index (χ0) is 10.8. The Kier molecular flexibility index (Phi) is 3.92. The molecule has 0 saturated carbocycles. The second kappa shape index (κ2) is 4.59. The molecule has 1 fully saturated rings. The van der Waals surface area contributed by atoms with Gasteiger partial charge in [-0.05, 0) is 27.1 Å². The summed E-state index contributed by atoms with van der Waals surface area (Å²) in [5.74, 6) is 0.285. The lowest BCUT2D eigenvalue weighted by molar-refractivity contribution is 0.275. The standard InChI is InChI=1S/C9H20N2O2S/c1-10(2)9-4-5-11(8-9)6-7-14(3,12)13/h9H,4-8H2,1-3H3/t9-/m0/s1. The number of likely N-dealkylation sites (tertiary alicyclic amines) is 1. The Hall–Kier alpha value is -0.130. The highest BCUT2D eigenvalue weighted by molar-refractivity contribution is 7.90. The molecule has 1 atom stereocenters. The molecule has 0 aromatic rings. The minimum absolute atomic E-state index is 0.285. The van der Waals surface area contributed by atoms with Gasteiger partial charge in [0.15, 0.2) is 0 Å². The zero-order valence-corrected chi connectivity index (χ0v) is 10.0. The Labute approximate surface area is 86.8 Å². The van der Waals surface area contributed by atoms with Gasteiger partial charge < -0.3 is 9.80 Å². The summed E-state index contributed by atoms with van der Waals surface area (Å²) in [5.41, 5.74) is 0. The van der Waals surface area contributed by atoms with Gasteiger partial charge in [0.1, 0.15) is 9.84 Å². The second-order valence-corrected chi connectivity index (χ2v) is 6.60. The Balaban J connectivity index is 2.30. The van der Waals surface area contributed by atoms with Crippen LogP contribution in [0.3, 0.4) is 0 Å². The predicted molar refractivity (Wildman–Crippen MR) is 58.2 cm³/mol. The van der Waals surface area contributed by atoms with Gasteiger partial charge in [-0.1, -0.05) is 0 Å². The second-order valence-electron chi connectivity index (χ2n) is 4.34. The highest BCUT2D eigenvalue weighted by Gasteiger charge is 2.23. The first-order chi connectivity index (χ1) is 6.38. The highest BCUT2D eigenvalue weighted by Crippen LogP contribution is 2.12. The summed E-state index contributed by atoms with van der Waals surface area (Å²) >= 11 is 0. The number of hydrogen-bond acceptors (Lipinski definition) is 4. The predicted octanol–water partition coefficient (Wildman–Crippen LogP) is -0.333. The lowest BCUT2D eigenvalue weighted by Gasteiger charge is -2.19. The SMILES string of the molecule is CN(C)[C@H]1CCN(CCS(C)(=O)=O)C1. The van der Waals surface area contributed by atoms with Crippen LogP contribution in [0.15, 0.2) is 0 Å². The molecule has 1 aliphatic rings. The Morgan fingerprint density at radius 3 is 2.50 bits per heavy atom. The van der Waals surface area contributed by atoms with Crippen molar-refractivity contribution in [3.63, 3.8) is 0 Å². The van der Waals surface area contributed by atoms with Gasteiger partial charge in [0.2, 0.25) is 0 Å². The minimum atomic E-state index is -2.80. The molecule has 0 bridgehead atoms. The maximum atomic E-state index is 11.0. The quantitative estimate of drug-likeness (QED) is 0.650. The molecule has 5 heteroatoms. The molecule has 4 nitrogen and oxygen atoms in total. The van der Waals surface area contributed by atoms with Crippen LogP contribution >= 0.6 is 0 Å². The third-order valence-corrected chi connectivity index (χ3v) is 3.68. The third-order valence-electron chi connectivity index (χ3n) is 2.76. The fourth-order valence-electron chi connectivity index (χ4n) is 1.73. The van der Waals surface area contributed by atoms with E-state index >= 15 is 0 Å². The molecular weight excluding hydrogens is 200 g/mol. The number of likely N-dealkylation sites (N-methyl/N-ethyl adjacent to an activating group) is 1. The van der Waals surface area contributed by atoms with Crippen LogP contribution in [0.25, 0.3) is 0 Å². The Morgan fingerprint density at radius 2 is 2.07 bits per heavy atom. The van der Waals surface area contributed by atoms with Gasteiger partial charge in [-0.3, -0.25) is 0 Å². The lowest BCUT2D eigenvalue weighted by Crippen LogP contribution is -2.33. The largest absolute Gasteiger partial charge is 0.305 e. The molecule has 0 aliphatic carbocycles. The molecule has 1 rings (SSSR count). The van der Waals surface area contributed by atoms with Gasteiger partial charge in [0.05, 0.1) is 5.75 Å². The van der Waals surface area contributed by atoms with Gasteiger partial charge in [-0.25, -0.2) is 8.42 Å². The summed E-state index contributed by atoms with van der Waals surface area (Å²) in [7, 11) is 1.34. The number of hydrogen-bond donors (Lipinski definition) is 0. The molecule has 1 saturated heterocycles. The first kappa shape index (κ1) is 11.9. The molecule has 0 radical (unpaired) electrons. The van der Waals surface area contributed by atoms with Crippen molar-refractivity contribution < 1.29 is 8.42 Å². The number of sulfone groups is 1. The van der Waals surface area contributed by atoms with E-state index in [1.807, 2.05) is 0 Å². The first-order valence-corrected chi connectivity index (χ1v) is 7.01. The maximum absolute atomic E-state index is 11.0. The lowest BCUT2D eigenvalue weighted by atomic mass is 10.2. The molecule has 14 heavy (non-hydrogen) atoms. The topological polar surface area (TPSA) is 40.6 Å². The Morgan fingerprint density at radius 1 is 1.43 bits per heavy atom. The molecule has 1 heterocycles. The van der Waals surface area contributed by atoms with E-state index < -0.39 is 9.84 Å². The van der Waals surface area contributed by atoms with Crippen molar-refractivity contribution in [1.29, 1.82) is 0 Å². The summed E-state index contributed by atoms with van der Waals surface area (Å²) < 4.78 is 21.9. The normalized spacial score (nSPS) is 24.7. The van der Waals surface area contributed by atoms with Crippen LogP contribution in [-0.4, -0.2) is 70.0 Å². The molecule has 84 valence electrons. The van der Waals surface area contributed by atoms with Crippen molar-refractivity contribution >= 4 is 9.84 Å². The van der Waals surface area contributed by atoms with Crippen LogP contribution in [0.4, 0.5) is 0 Å². The summed E-state index contributed by atoms with van der Waals surface area (Å²) in [6.45, 7) is 2.71. The first-order valence-electron chi connectivity index (χ1n) is 4.95. The molecule has 0 amide bonds. The monoisotopic (exact) mass is 220 g/mol.